The van der Waals surface area contributed by atoms with Crippen LogP contribution in [0.1, 0.15) is 43.5 Å². The smallest absolute Gasteiger partial charge is 0.334 e. The van der Waals surface area contributed by atoms with Gasteiger partial charge in [-0.3, -0.25) is 23.3 Å². The van der Waals surface area contributed by atoms with Crippen LogP contribution in [0.2, 0.25) is 0 Å². The fourth-order valence-electron chi connectivity index (χ4n) is 9.03. The van der Waals surface area contributed by atoms with Crippen LogP contribution in [0.5, 0.6) is 11.5 Å². The van der Waals surface area contributed by atoms with Crippen molar-refractivity contribution in [1.29, 1.82) is 5.26 Å². The molecule has 0 spiro atoms. The molecule has 0 atom stereocenters. The maximum Gasteiger partial charge on any atom is 0.334 e. The van der Waals surface area contributed by atoms with Crippen molar-refractivity contribution in [3.63, 3.8) is 0 Å². The van der Waals surface area contributed by atoms with Gasteiger partial charge in [0, 0.05) is 109 Å². The zero-order valence-corrected chi connectivity index (χ0v) is 51.7. The van der Waals surface area contributed by atoms with Gasteiger partial charge in [0.15, 0.2) is 0 Å². The first-order chi connectivity index (χ1) is 40.9. The number of imidazole rings is 2. The van der Waals surface area contributed by atoms with Crippen LogP contribution >= 0.6 is 0 Å². The summed E-state index contributed by atoms with van der Waals surface area (Å²) in [5, 5.41) is 13.2. The SMILES string of the molecule is C=CC(=O)Nc1cc(Cc2nccc(-n3c(=O)n(CC)c4ccccc43)n2)c(OC)cc1N(C)CCN(C)C.C=CC(=O)Nc1cc(Cc2nccc(-n3c(=O)n(CC)c4ccccc43)n2)c(OC)cc1N(C)CCN(C)C.CC#N.CS(=O)(=O)O. The molecule has 0 bridgehead atoms. The summed E-state index contributed by atoms with van der Waals surface area (Å²) in [5.41, 5.74) is 7.46. The number of ether oxygens (including phenoxy) is 2. The van der Waals surface area contributed by atoms with E-state index in [1.54, 1.807) is 63.1 Å². The molecule has 0 aliphatic heterocycles. The van der Waals surface area contributed by atoms with Crippen molar-refractivity contribution < 1.29 is 32.0 Å². The number of carbonyl (C=O) groups excluding carboxylic acids is 2. The summed E-state index contributed by atoms with van der Waals surface area (Å²) in [6.07, 6.45) is 7.16. The zero-order chi connectivity index (χ0) is 63.4. The number of hydrogen-bond donors (Lipinski definition) is 3. The number of nitrogens with one attached hydrogen (secondary N) is 2. The lowest BCUT2D eigenvalue weighted by atomic mass is 10.1. The van der Waals surface area contributed by atoms with Gasteiger partial charge in [0.05, 0.1) is 71.4 Å². The van der Waals surface area contributed by atoms with Crippen LogP contribution < -0.4 is 41.3 Å². The number of aromatic nitrogens is 8. The van der Waals surface area contributed by atoms with Gasteiger partial charge in [-0.05, 0) is 103 Å². The van der Waals surface area contributed by atoms with Crippen LogP contribution in [0, 0.1) is 11.3 Å². The van der Waals surface area contributed by atoms with Crippen molar-refractivity contribution in [2.75, 3.05) is 109 Å². The monoisotopic (exact) mass is 1200 g/mol. The van der Waals surface area contributed by atoms with Crippen LogP contribution in [-0.4, -0.2) is 162 Å². The van der Waals surface area contributed by atoms with E-state index in [9.17, 15) is 27.6 Å². The second-order valence-electron chi connectivity index (χ2n) is 19.9. The minimum absolute atomic E-state index is 0.152. The van der Waals surface area contributed by atoms with E-state index in [2.05, 4.69) is 53.4 Å². The van der Waals surface area contributed by atoms with Crippen LogP contribution in [0.15, 0.2) is 132 Å². The highest BCUT2D eigenvalue weighted by atomic mass is 32.2. The molecule has 0 fully saturated rings. The molecule has 86 heavy (non-hydrogen) atoms. The highest BCUT2D eigenvalue weighted by Gasteiger charge is 2.21. The highest BCUT2D eigenvalue weighted by Crippen LogP contribution is 2.36. The molecule has 0 unspecified atom stereocenters. The Morgan fingerprint density at radius 2 is 0.977 bits per heavy atom. The maximum atomic E-state index is 13.3. The van der Waals surface area contributed by atoms with Crippen molar-refractivity contribution in [3.05, 3.63) is 166 Å². The van der Waals surface area contributed by atoms with Crippen molar-refractivity contribution >= 4 is 66.7 Å². The molecule has 0 saturated carbocycles. The molecular weight excluding hydrogens is 1120 g/mol. The van der Waals surface area contributed by atoms with E-state index in [0.29, 0.717) is 78.3 Å². The molecule has 3 N–H and O–H groups in total. The quantitative estimate of drug-likeness (QED) is 0.0471. The van der Waals surface area contributed by atoms with Crippen LogP contribution in [0.3, 0.4) is 0 Å². The minimum Gasteiger partial charge on any atom is -0.496 e. The van der Waals surface area contributed by atoms with E-state index in [1.807, 2.05) is 129 Å². The molecule has 0 aliphatic rings. The van der Waals surface area contributed by atoms with Crippen molar-refractivity contribution in [2.45, 2.75) is 46.7 Å². The molecule has 4 aromatic heterocycles. The third-order valence-corrected chi connectivity index (χ3v) is 13.1. The topological polar surface area (TPSA) is 273 Å². The third-order valence-electron chi connectivity index (χ3n) is 13.1. The van der Waals surface area contributed by atoms with Crippen molar-refractivity contribution in [2.24, 2.45) is 0 Å². The van der Waals surface area contributed by atoms with Crippen LogP contribution in [0.25, 0.3) is 33.7 Å². The summed E-state index contributed by atoms with van der Waals surface area (Å²) in [7, 11) is 11.6. The first kappa shape index (κ1) is 67.3. The standard InChI is InChI=1S/2C29H35N7O3.C2H3N.CH4O3S/c2*1-7-28(37)31-21-17-20(25(39-6)19-24(21)34(5)16-15-33(3)4)18-26-30-14-13-27(32-26)36-23-12-10-9-11-22(23)35(8-2)29(36)38;1-2-3;1-5(2,3)4/h2*7,9-14,17,19H,1,8,15-16,18H2,2-6H3,(H,31,37);1H3;1H3,(H,2,3,4). The molecule has 8 rings (SSSR count). The number of nitriles is 1. The van der Waals surface area contributed by atoms with Gasteiger partial charge in [-0.1, -0.05) is 37.4 Å². The Balaban J connectivity index is 0.000000279. The maximum absolute atomic E-state index is 13.3. The highest BCUT2D eigenvalue weighted by molar-refractivity contribution is 7.85. The van der Waals surface area contributed by atoms with Crippen LogP contribution in [-0.2, 0) is 45.6 Å². The van der Waals surface area contributed by atoms with Gasteiger partial charge in [0.2, 0.25) is 11.8 Å². The summed E-state index contributed by atoms with van der Waals surface area (Å²) < 4.78 is 44.0. The summed E-state index contributed by atoms with van der Waals surface area (Å²) >= 11 is 0. The molecule has 0 aliphatic carbocycles. The molecule has 0 radical (unpaired) electrons. The molecule has 2 amide bonds. The van der Waals surface area contributed by atoms with E-state index in [0.717, 1.165) is 70.7 Å². The number of aryl methyl sites for hydroxylation is 2. The number of benzene rings is 4. The number of para-hydroxylation sites is 4. The Labute approximate surface area is 501 Å². The van der Waals surface area contributed by atoms with Crippen molar-refractivity contribution in [1.82, 2.24) is 48.0 Å². The van der Waals surface area contributed by atoms with Gasteiger partial charge in [-0.15, -0.1) is 0 Å². The normalized spacial score (nSPS) is 10.9. The Kier molecular flexibility index (Phi) is 24.6. The molecule has 0 saturated heterocycles. The Morgan fingerprint density at radius 3 is 1.28 bits per heavy atom. The van der Waals surface area contributed by atoms with E-state index in [1.165, 1.54) is 19.1 Å². The first-order valence-electron chi connectivity index (χ1n) is 27.2. The van der Waals surface area contributed by atoms with Gasteiger partial charge in [0.1, 0.15) is 34.8 Å². The van der Waals surface area contributed by atoms with Crippen LogP contribution in [0.4, 0.5) is 22.7 Å². The minimum atomic E-state index is -3.67. The summed E-state index contributed by atoms with van der Waals surface area (Å²) in [5.74, 6) is 2.69. The fourth-order valence-corrected chi connectivity index (χ4v) is 9.03. The van der Waals surface area contributed by atoms with E-state index in [-0.39, 0.29) is 23.2 Å². The van der Waals surface area contributed by atoms with Gasteiger partial charge >= 0.3 is 11.4 Å². The van der Waals surface area contributed by atoms with Gasteiger partial charge < -0.3 is 39.7 Å². The van der Waals surface area contributed by atoms with Gasteiger partial charge in [0.25, 0.3) is 10.1 Å². The Morgan fingerprint density at radius 1 is 0.640 bits per heavy atom. The van der Waals surface area contributed by atoms with Gasteiger partial charge in [-0.2, -0.15) is 13.7 Å². The summed E-state index contributed by atoms with van der Waals surface area (Å²) in [6, 6.07) is 28.1. The molecule has 24 nitrogen and oxygen atoms in total. The number of nitrogens with zero attached hydrogens (tertiary/aromatic N) is 13. The molecule has 4 heterocycles. The average molecular weight is 1200 g/mol. The van der Waals surface area contributed by atoms with E-state index >= 15 is 0 Å². The lowest BCUT2D eigenvalue weighted by Gasteiger charge is -2.25. The number of fused-ring (bicyclic) bond motifs is 2. The van der Waals surface area contributed by atoms with E-state index < -0.39 is 10.1 Å². The molecular formula is C61H77N15O9S. The zero-order valence-electron chi connectivity index (χ0n) is 50.9. The van der Waals surface area contributed by atoms with Crippen molar-refractivity contribution in [3.8, 4) is 29.2 Å². The number of methoxy groups -OCH3 is 2. The molecule has 4 aromatic carbocycles. The second kappa shape index (κ2) is 31.4. The van der Waals surface area contributed by atoms with Gasteiger partial charge in [-0.25, -0.2) is 38.7 Å². The largest absolute Gasteiger partial charge is 0.496 e. The predicted molar refractivity (Wildman–Crippen MR) is 339 cm³/mol. The lowest BCUT2D eigenvalue weighted by Crippen LogP contribution is -2.29. The number of carbonyl (C=O) groups is 2. The Hall–Kier alpha value is -9.48. The molecule has 25 heteroatoms. The predicted octanol–water partition coefficient (Wildman–Crippen LogP) is 6.68. The first-order valence-corrected chi connectivity index (χ1v) is 29.1. The number of hydrogen-bond acceptors (Lipinski definition) is 17. The summed E-state index contributed by atoms with van der Waals surface area (Å²) in [6.45, 7) is 16.8. The van der Waals surface area contributed by atoms with E-state index in [4.69, 9.17) is 29.3 Å². The molecule has 8 aromatic rings. The number of rotatable bonds is 22. The second-order valence-corrected chi connectivity index (χ2v) is 21.3. The lowest BCUT2D eigenvalue weighted by molar-refractivity contribution is -0.112. The summed E-state index contributed by atoms with van der Waals surface area (Å²) in [4.78, 5) is 77.8. The molecule has 456 valence electrons. The Bertz CT molecular complexity index is 3710. The number of likely N-dealkylation sites (N-methyl/N-ethyl adjacent to an activating group) is 4. The fraction of sp³-hybridized carbons (Fsp3) is 0.328. The average Bonchev–Trinajstić information content (AvgIpc) is 1.77. The third kappa shape index (κ3) is 17.8. The number of amides is 2. The number of anilines is 4.